The van der Waals surface area contributed by atoms with Gasteiger partial charge in [-0.1, -0.05) is 6.92 Å². The van der Waals surface area contributed by atoms with Gasteiger partial charge in [-0.3, -0.25) is 4.79 Å². The minimum Gasteiger partial charge on any atom is -0.458 e. The van der Waals surface area contributed by atoms with Gasteiger partial charge < -0.3 is 24.4 Å². The van der Waals surface area contributed by atoms with E-state index in [1.165, 1.54) is 17.7 Å². The van der Waals surface area contributed by atoms with E-state index in [9.17, 15) is 24.6 Å². The van der Waals surface area contributed by atoms with Gasteiger partial charge in [0.15, 0.2) is 17.5 Å². The Labute approximate surface area is 238 Å². The number of hydrogen-bond donors (Lipinski definition) is 2. The van der Waals surface area contributed by atoms with Gasteiger partial charge in [-0.2, -0.15) is 0 Å². The Kier molecular flexibility index (Phi) is 10.2. The van der Waals surface area contributed by atoms with Gasteiger partial charge in [-0.05, 0) is 46.5 Å². The molecule has 0 spiro atoms. The highest BCUT2D eigenvalue weighted by Crippen LogP contribution is 2.36. The van der Waals surface area contributed by atoms with Crippen LogP contribution in [0.25, 0.3) is 0 Å². The van der Waals surface area contributed by atoms with Crippen molar-refractivity contribution in [1.29, 1.82) is 0 Å². The van der Waals surface area contributed by atoms with Gasteiger partial charge in [0.25, 0.3) is 0 Å². The van der Waals surface area contributed by atoms with Crippen molar-refractivity contribution in [2.45, 2.75) is 81.6 Å². The number of rotatable bonds is 6. The van der Waals surface area contributed by atoms with Crippen molar-refractivity contribution in [2.75, 3.05) is 6.61 Å². The fourth-order valence-electron chi connectivity index (χ4n) is 3.56. The number of halogens is 2. The highest BCUT2D eigenvalue weighted by Gasteiger charge is 2.40. The average molecular weight is 610 g/mol. The maximum Gasteiger partial charge on any atom is 0.358 e. The molecular formula is C24H30Cl2N2O8S2. The molecule has 0 unspecified atom stereocenters. The quantitative estimate of drug-likeness (QED) is 0.267. The van der Waals surface area contributed by atoms with Gasteiger partial charge in [0.1, 0.15) is 38.8 Å². The van der Waals surface area contributed by atoms with Crippen molar-refractivity contribution in [1.82, 2.24) is 9.97 Å². The Morgan fingerprint density at radius 3 is 2.29 bits per heavy atom. The van der Waals surface area contributed by atoms with E-state index in [4.69, 9.17) is 37.4 Å². The molecule has 0 fully saturated rings. The third-order valence-electron chi connectivity index (χ3n) is 6.15. The first-order chi connectivity index (χ1) is 17.7. The lowest BCUT2D eigenvalue weighted by Gasteiger charge is -2.32. The third kappa shape index (κ3) is 7.86. The van der Waals surface area contributed by atoms with Gasteiger partial charge >= 0.3 is 17.9 Å². The molecule has 210 valence electrons. The van der Waals surface area contributed by atoms with Crippen molar-refractivity contribution in [2.24, 2.45) is 5.92 Å². The zero-order valence-electron chi connectivity index (χ0n) is 21.3. The number of thiazole rings is 2. The molecule has 5 atom stereocenters. The summed E-state index contributed by atoms with van der Waals surface area (Å²) < 4.78 is 15.6. The molecule has 2 aromatic heterocycles. The van der Waals surface area contributed by atoms with Crippen molar-refractivity contribution in [3.8, 4) is 0 Å². The lowest BCUT2D eigenvalue weighted by atomic mass is 9.95. The Morgan fingerprint density at radius 2 is 1.66 bits per heavy atom. The molecule has 0 aliphatic carbocycles. The highest BCUT2D eigenvalue weighted by molar-refractivity contribution is 7.10. The fourth-order valence-corrected chi connectivity index (χ4v) is 5.55. The van der Waals surface area contributed by atoms with E-state index in [2.05, 4.69) is 9.97 Å². The standard InChI is InChI=1S/C24H30Cl2N2O8S2/c1-5-23(3,33)17-19-28-13(10-38-19)21(31)34-9-15(29)18-27-14(11-37-18)22(32)35-16(12(2)20(30)36-17)7-6-8-24(4,25)26/h10-12,15-17,29,33H,5-9H2,1-4H3/t12-,15-,16+,17-,23-/m0/s1. The first kappa shape index (κ1) is 30.7. The van der Waals surface area contributed by atoms with Crippen LogP contribution < -0.4 is 0 Å². The second-order valence-corrected chi connectivity index (χ2v) is 13.1. The van der Waals surface area contributed by atoms with E-state index in [0.717, 1.165) is 22.7 Å². The van der Waals surface area contributed by atoms with E-state index < -0.39 is 58.7 Å². The molecule has 3 heterocycles. The molecule has 1 aliphatic heterocycles. The van der Waals surface area contributed by atoms with Crippen LogP contribution in [-0.4, -0.2) is 60.7 Å². The minimum atomic E-state index is -1.52. The van der Waals surface area contributed by atoms with Crippen molar-refractivity contribution < 1.29 is 38.8 Å². The lowest BCUT2D eigenvalue weighted by Crippen LogP contribution is -2.39. The van der Waals surface area contributed by atoms with Crippen LogP contribution in [0.1, 0.15) is 96.6 Å². The molecule has 0 saturated carbocycles. The number of carbonyl (C=O) groups is 3. The number of aliphatic hydroxyl groups excluding tert-OH is 1. The molecule has 0 amide bonds. The Hall–Kier alpha value is -1.83. The Morgan fingerprint density at radius 1 is 1.05 bits per heavy atom. The highest BCUT2D eigenvalue weighted by atomic mass is 35.5. The zero-order chi connectivity index (χ0) is 28.3. The first-order valence-electron chi connectivity index (χ1n) is 12.0. The Bertz CT molecular complexity index is 1150. The summed E-state index contributed by atoms with van der Waals surface area (Å²) in [6, 6.07) is 0. The van der Waals surface area contributed by atoms with E-state index >= 15 is 0 Å². The number of fused-ring (bicyclic) bond motifs is 4. The molecular weight excluding hydrogens is 579 g/mol. The number of alkyl halides is 2. The van der Waals surface area contributed by atoms with Gasteiger partial charge in [0, 0.05) is 10.8 Å². The number of esters is 3. The molecule has 38 heavy (non-hydrogen) atoms. The van der Waals surface area contributed by atoms with Crippen molar-refractivity contribution in [3.63, 3.8) is 0 Å². The van der Waals surface area contributed by atoms with E-state index in [1.54, 1.807) is 20.8 Å². The molecule has 0 saturated heterocycles. The summed E-state index contributed by atoms with van der Waals surface area (Å²) in [5.74, 6) is -3.30. The summed E-state index contributed by atoms with van der Waals surface area (Å²) in [6.45, 7) is 5.97. The summed E-state index contributed by atoms with van der Waals surface area (Å²) in [5, 5.41) is 24.6. The van der Waals surface area contributed by atoms with Crippen LogP contribution in [0.5, 0.6) is 0 Å². The van der Waals surface area contributed by atoms with Crippen LogP contribution in [-0.2, 0) is 19.0 Å². The third-order valence-corrected chi connectivity index (χ3v) is 8.36. The normalized spacial score (nSPS) is 25.1. The molecule has 14 heteroatoms. The molecule has 2 aromatic rings. The van der Waals surface area contributed by atoms with Crippen LogP contribution in [0.2, 0.25) is 0 Å². The van der Waals surface area contributed by atoms with Crippen LogP contribution in [0.3, 0.4) is 0 Å². The largest absolute Gasteiger partial charge is 0.458 e. The van der Waals surface area contributed by atoms with Gasteiger partial charge in [-0.25, -0.2) is 19.6 Å². The Balaban J connectivity index is 1.98. The molecule has 0 aromatic carbocycles. The van der Waals surface area contributed by atoms with Crippen LogP contribution >= 0.6 is 45.9 Å². The molecule has 3 rings (SSSR count). The summed E-state index contributed by atoms with van der Waals surface area (Å²) in [7, 11) is 0. The second-order valence-electron chi connectivity index (χ2n) is 9.48. The van der Waals surface area contributed by atoms with Crippen LogP contribution in [0, 0.1) is 5.92 Å². The molecule has 1 aliphatic rings. The summed E-state index contributed by atoms with van der Waals surface area (Å²) in [4.78, 5) is 47.1. The van der Waals surface area contributed by atoms with Gasteiger partial charge in [0.05, 0.1) is 5.92 Å². The number of ether oxygens (including phenoxy) is 3. The van der Waals surface area contributed by atoms with Gasteiger partial charge in [-0.15, -0.1) is 45.9 Å². The maximum atomic E-state index is 13.3. The van der Waals surface area contributed by atoms with E-state index in [1.807, 2.05) is 0 Å². The predicted octanol–water partition coefficient (Wildman–Crippen LogP) is 4.77. The smallest absolute Gasteiger partial charge is 0.358 e. The van der Waals surface area contributed by atoms with E-state index in [-0.39, 0.29) is 34.2 Å². The number of aliphatic hydroxyl groups is 2. The average Bonchev–Trinajstić information content (AvgIpc) is 3.53. The fraction of sp³-hybridized carbons (Fsp3) is 0.625. The summed E-state index contributed by atoms with van der Waals surface area (Å²) >= 11 is 14.2. The molecule has 4 bridgehead atoms. The predicted molar refractivity (Wildman–Crippen MR) is 142 cm³/mol. The first-order valence-corrected chi connectivity index (χ1v) is 14.5. The molecule has 0 radical (unpaired) electrons. The lowest BCUT2D eigenvalue weighted by molar-refractivity contribution is -0.173. The summed E-state index contributed by atoms with van der Waals surface area (Å²) in [6.07, 6.45) is -2.15. The number of cyclic esters (lactones) is 3. The minimum absolute atomic E-state index is 0.0658. The van der Waals surface area contributed by atoms with Gasteiger partial charge in [0.2, 0.25) is 0 Å². The number of nitrogens with zero attached hydrogens (tertiary/aromatic N) is 2. The zero-order valence-corrected chi connectivity index (χ0v) is 24.5. The summed E-state index contributed by atoms with van der Waals surface area (Å²) in [5.41, 5.74) is -1.65. The number of aromatic nitrogens is 2. The van der Waals surface area contributed by atoms with Crippen LogP contribution in [0.4, 0.5) is 0 Å². The van der Waals surface area contributed by atoms with Crippen molar-refractivity contribution in [3.05, 3.63) is 32.2 Å². The second kappa shape index (κ2) is 12.6. The maximum absolute atomic E-state index is 13.3. The topological polar surface area (TPSA) is 145 Å². The van der Waals surface area contributed by atoms with Crippen molar-refractivity contribution >= 4 is 63.8 Å². The van der Waals surface area contributed by atoms with E-state index in [0.29, 0.717) is 12.8 Å². The monoisotopic (exact) mass is 608 g/mol. The number of carbonyl (C=O) groups excluding carboxylic acids is 3. The number of hydrogen-bond acceptors (Lipinski definition) is 12. The SMILES string of the molecule is CC[C@](C)(O)[C@H]1OC(=O)[C@@H](C)[C@@H](CCCC(C)(Cl)Cl)OC(=O)c2csc(n2)[C@@H](O)COC(=O)c2csc1n2. The molecule has 10 nitrogen and oxygen atoms in total. The van der Waals surface area contributed by atoms with Crippen LogP contribution in [0.15, 0.2) is 10.8 Å². The molecule has 2 N–H and O–H groups in total.